The molecule has 2 rings (SSSR count). The largest absolute Gasteiger partial charge is 0.454 e. The minimum absolute atomic E-state index is 0.275. The third-order valence-electron chi connectivity index (χ3n) is 5.17. The van der Waals surface area contributed by atoms with Gasteiger partial charge in [0.25, 0.3) is 0 Å². The number of hydrogen-bond acceptors (Lipinski definition) is 3. The molecule has 0 fully saturated rings. The molecule has 1 aromatic carbocycles. The summed E-state index contributed by atoms with van der Waals surface area (Å²) in [5, 5.41) is 0.275. The lowest BCUT2D eigenvalue weighted by Gasteiger charge is -2.36. The lowest BCUT2D eigenvalue weighted by molar-refractivity contribution is 0.174. The molecular weight excluding hydrogens is 364 g/mol. The third-order valence-corrected chi connectivity index (χ3v) is 9.71. The van der Waals surface area contributed by atoms with E-state index >= 15 is 0 Å². The van der Waals surface area contributed by atoms with E-state index in [1.807, 2.05) is 30.4 Å². The second-order valence-electron chi connectivity index (χ2n) is 8.42. The summed E-state index contributed by atoms with van der Waals surface area (Å²) >= 11 is 0. The number of allylic oxidation sites excluding steroid dienone is 7. The second-order valence-corrected chi connectivity index (χ2v) is 13.2. The molecule has 0 N–H and O–H groups in total. The Labute approximate surface area is 171 Å². The second kappa shape index (κ2) is 10.5. The van der Waals surface area contributed by atoms with Crippen molar-refractivity contribution in [3.05, 3.63) is 72.4 Å². The van der Waals surface area contributed by atoms with Crippen molar-refractivity contribution in [3.63, 3.8) is 0 Å². The quantitative estimate of drug-likeness (QED) is 0.267. The monoisotopic (exact) mass is 398 g/mol. The summed E-state index contributed by atoms with van der Waals surface area (Å²) in [4.78, 5) is 0. The van der Waals surface area contributed by atoms with Gasteiger partial charge in [0.15, 0.2) is 19.8 Å². The van der Waals surface area contributed by atoms with Crippen molar-refractivity contribution in [2.45, 2.75) is 51.7 Å². The highest BCUT2D eigenvalue weighted by atomic mass is 28.4. The van der Waals surface area contributed by atoms with Crippen LogP contribution in [0.4, 0.5) is 0 Å². The van der Waals surface area contributed by atoms with Gasteiger partial charge >= 0.3 is 0 Å². The van der Waals surface area contributed by atoms with Gasteiger partial charge in [-0.3, -0.25) is 0 Å². The van der Waals surface area contributed by atoms with Gasteiger partial charge in [0.2, 0.25) is 6.79 Å². The summed E-state index contributed by atoms with van der Waals surface area (Å²) in [5.41, 5.74) is 1.22. The predicted molar refractivity (Wildman–Crippen MR) is 121 cm³/mol. The van der Waals surface area contributed by atoms with E-state index in [1.165, 1.54) is 5.56 Å². The van der Waals surface area contributed by atoms with E-state index in [4.69, 9.17) is 13.9 Å². The Hall–Kier alpha value is -2.04. The summed E-state index contributed by atoms with van der Waals surface area (Å²) in [7, 11) is -1.61. The number of benzene rings is 1. The molecule has 4 heteroatoms. The molecule has 0 saturated heterocycles. The van der Waals surface area contributed by atoms with Gasteiger partial charge in [0, 0.05) is 6.61 Å². The van der Waals surface area contributed by atoms with Crippen molar-refractivity contribution in [3.8, 4) is 11.5 Å². The first-order valence-electron chi connectivity index (χ1n) is 9.97. The van der Waals surface area contributed by atoms with E-state index in [1.54, 1.807) is 0 Å². The molecule has 0 aliphatic carbocycles. The number of rotatable bonds is 9. The average Bonchev–Trinajstić information content (AvgIpc) is 3.09. The molecular formula is C24H34O3Si. The highest BCUT2D eigenvalue weighted by Crippen LogP contribution is 2.36. The molecule has 0 saturated carbocycles. The first-order valence-corrected chi connectivity index (χ1v) is 12.9. The molecule has 152 valence electrons. The number of hydrogen-bond donors (Lipinski definition) is 0. The molecule has 1 aliphatic heterocycles. The van der Waals surface area contributed by atoms with Crippen molar-refractivity contribution in [2.24, 2.45) is 0 Å². The smallest absolute Gasteiger partial charge is 0.231 e. The fourth-order valence-corrected chi connectivity index (χ4v) is 3.44. The molecule has 0 spiro atoms. The van der Waals surface area contributed by atoms with Gasteiger partial charge in [-0.25, -0.2) is 0 Å². The van der Waals surface area contributed by atoms with Crippen molar-refractivity contribution in [1.82, 2.24) is 0 Å². The highest BCUT2D eigenvalue weighted by molar-refractivity contribution is 6.74. The van der Waals surface area contributed by atoms with Gasteiger partial charge in [0.05, 0.1) is 0 Å². The van der Waals surface area contributed by atoms with Crippen molar-refractivity contribution in [2.75, 3.05) is 13.4 Å². The first kappa shape index (κ1) is 22.2. The summed E-state index contributed by atoms with van der Waals surface area (Å²) in [6.45, 7) is 12.5. The van der Waals surface area contributed by atoms with Crippen LogP contribution >= 0.6 is 0 Å². The maximum Gasteiger partial charge on any atom is 0.231 e. The zero-order valence-corrected chi connectivity index (χ0v) is 18.9. The van der Waals surface area contributed by atoms with Crippen LogP contribution in [0.3, 0.4) is 0 Å². The normalized spacial score (nSPS) is 15.0. The first-order chi connectivity index (χ1) is 13.3. The molecule has 0 radical (unpaired) electrons. The minimum Gasteiger partial charge on any atom is -0.454 e. The lowest BCUT2D eigenvalue weighted by atomic mass is 10.1. The summed E-state index contributed by atoms with van der Waals surface area (Å²) in [6.07, 6.45) is 18.4. The fourth-order valence-electron chi connectivity index (χ4n) is 2.38. The van der Waals surface area contributed by atoms with Crippen LogP contribution < -0.4 is 9.47 Å². The van der Waals surface area contributed by atoms with E-state index in [0.717, 1.165) is 30.9 Å². The third kappa shape index (κ3) is 7.17. The average molecular weight is 399 g/mol. The molecule has 0 atom stereocenters. The Balaban J connectivity index is 1.61. The van der Waals surface area contributed by atoms with Crippen LogP contribution in [0, 0.1) is 0 Å². The molecule has 1 aliphatic rings. The molecule has 1 aromatic rings. The van der Waals surface area contributed by atoms with Gasteiger partial charge in [-0.1, -0.05) is 75.4 Å². The lowest BCUT2D eigenvalue weighted by Crippen LogP contribution is -2.40. The van der Waals surface area contributed by atoms with Crippen LogP contribution in [0.1, 0.15) is 32.8 Å². The van der Waals surface area contributed by atoms with Gasteiger partial charge in [-0.15, -0.1) is 0 Å². The fraction of sp³-hybridized carbons (Fsp3) is 0.417. The predicted octanol–water partition coefficient (Wildman–Crippen LogP) is 6.59. The Kier molecular flexibility index (Phi) is 8.33. The number of ether oxygens (including phenoxy) is 2. The Morgan fingerprint density at radius 2 is 1.57 bits per heavy atom. The highest BCUT2D eigenvalue weighted by Gasteiger charge is 2.36. The van der Waals surface area contributed by atoms with E-state index < -0.39 is 8.32 Å². The van der Waals surface area contributed by atoms with Gasteiger partial charge in [-0.05, 0) is 48.7 Å². The van der Waals surface area contributed by atoms with E-state index in [-0.39, 0.29) is 5.04 Å². The Bertz CT molecular complexity index is 737. The molecule has 0 amide bonds. The Morgan fingerprint density at radius 1 is 0.929 bits per heavy atom. The SMILES string of the molecule is CC(C)(C)[Si](C)(C)OCC\C=C/C=C\C=C/C=C\Cc1ccc2c(c1)OCO2. The summed E-state index contributed by atoms with van der Waals surface area (Å²) < 4.78 is 16.9. The van der Waals surface area contributed by atoms with E-state index in [0.29, 0.717) is 6.79 Å². The Morgan fingerprint density at radius 3 is 2.29 bits per heavy atom. The van der Waals surface area contributed by atoms with Crippen LogP contribution in [0.5, 0.6) is 11.5 Å². The molecule has 0 bridgehead atoms. The van der Waals surface area contributed by atoms with E-state index in [2.05, 4.69) is 70.3 Å². The van der Waals surface area contributed by atoms with Crippen molar-refractivity contribution >= 4 is 8.32 Å². The maximum absolute atomic E-state index is 6.15. The van der Waals surface area contributed by atoms with Crippen LogP contribution in [0.25, 0.3) is 0 Å². The van der Waals surface area contributed by atoms with Crippen molar-refractivity contribution < 1.29 is 13.9 Å². The molecule has 3 nitrogen and oxygen atoms in total. The minimum atomic E-state index is -1.61. The van der Waals surface area contributed by atoms with Gasteiger partial charge in [0.1, 0.15) is 0 Å². The maximum atomic E-state index is 6.15. The van der Waals surface area contributed by atoms with Crippen LogP contribution in [0.15, 0.2) is 66.8 Å². The molecule has 28 heavy (non-hydrogen) atoms. The van der Waals surface area contributed by atoms with Crippen molar-refractivity contribution in [1.29, 1.82) is 0 Å². The molecule has 1 heterocycles. The topological polar surface area (TPSA) is 27.7 Å². The van der Waals surface area contributed by atoms with Gasteiger partial charge < -0.3 is 13.9 Å². The van der Waals surface area contributed by atoms with Gasteiger partial charge in [-0.2, -0.15) is 0 Å². The van der Waals surface area contributed by atoms with Crippen LogP contribution in [-0.2, 0) is 10.8 Å². The zero-order chi connectivity index (χ0) is 20.5. The van der Waals surface area contributed by atoms with E-state index in [9.17, 15) is 0 Å². The molecule has 0 aromatic heterocycles. The van der Waals surface area contributed by atoms with Crippen LogP contribution in [-0.4, -0.2) is 21.7 Å². The number of fused-ring (bicyclic) bond motifs is 1. The van der Waals surface area contributed by atoms with Crippen LogP contribution in [0.2, 0.25) is 18.1 Å². The molecule has 0 unspecified atom stereocenters. The summed E-state index contributed by atoms with van der Waals surface area (Å²) in [5.74, 6) is 1.67. The zero-order valence-electron chi connectivity index (χ0n) is 17.9. The summed E-state index contributed by atoms with van der Waals surface area (Å²) in [6, 6.07) is 6.07. The standard InChI is InChI=1S/C24H34O3Si/c1-24(2,3)28(4,5)27-18-14-12-10-8-6-7-9-11-13-15-21-16-17-22-23(19-21)26-20-25-22/h6-13,16-17,19H,14-15,18,20H2,1-5H3/b8-6-,9-7-,12-10-,13-11-.